The fourth-order valence-corrected chi connectivity index (χ4v) is 6.72. The summed E-state index contributed by atoms with van der Waals surface area (Å²) in [6, 6.07) is 6.36. The quantitative estimate of drug-likeness (QED) is 0.491. The SMILES string of the molecule is COc1ccc2c(c1OC)OC1c3c-2ccc(O)c3C(=O)C2C(=O)[C@]3(O)C(=O)C(C(N)=O)C(=O)C[C@@H]3C[C@@H]21. The molecule has 6 atom stereocenters. The van der Waals surface area contributed by atoms with Gasteiger partial charge in [-0.25, -0.2) is 0 Å². The third-order valence-electron chi connectivity index (χ3n) is 8.39. The number of amides is 1. The van der Waals surface area contributed by atoms with E-state index in [-0.39, 0.29) is 23.5 Å². The van der Waals surface area contributed by atoms with Crippen LogP contribution in [-0.4, -0.2) is 59.1 Å². The molecule has 2 aromatic rings. The maximum atomic E-state index is 13.8. The number of hydrogen-bond donors (Lipinski definition) is 3. The molecule has 2 aromatic carbocycles. The van der Waals surface area contributed by atoms with E-state index in [0.717, 1.165) is 0 Å². The van der Waals surface area contributed by atoms with Crippen LogP contribution in [0.25, 0.3) is 11.1 Å². The number of ketones is 4. The lowest BCUT2D eigenvalue weighted by Crippen LogP contribution is -2.68. The van der Waals surface area contributed by atoms with Crippen LogP contribution in [0.1, 0.15) is 34.9 Å². The van der Waals surface area contributed by atoms with E-state index in [4.69, 9.17) is 19.9 Å². The van der Waals surface area contributed by atoms with Crippen molar-refractivity contribution in [1.82, 2.24) is 0 Å². The Labute approximate surface area is 215 Å². The molecule has 11 heteroatoms. The molecule has 3 unspecified atom stereocenters. The van der Waals surface area contributed by atoms with Gasteiger partial charge < -0.3 is 30.2 Å². The summed E-state index contributed by atoms with van der Waals surface area (Å²) in [5.74, 6) is -10.3. The zero-order valence-corrected chi connectivity index (χ0v) is 20.3. The Hall–Kier alpha value is -4.25. The number of hydrogen-bond acceptors (Lipinski definition) is 10. The number of phenols is 1. The van der Waals surface area contributed by atoms with Gasteiger partial charge in [-0.2, -0.15) is 0 Å². The molecule has 2 saturated carbocycles. The lowest BCUT2D eigenvalue weighted by Gasteiger charge is -2.51. The summed E-state index contributed by atoms with van der Waals surface area (Å²) in [5, 5.41) is 22.2. The molecular formula is C27H23NO10. The van der Waals surface area contributed by atoms with Crippen LogP contribution in [0.4, 0.5) is 0 Å². The van der Waals surface area contributed by atoms with Crippen molar-refractivity contribution in [3.8, 4) is 34.1 Å². The minimum absolute atomic E-state index is 0.109. The largest absolute Gasteiger partial charge is 0.507 e. The Balaban J connectivity index is 1.55. The number of aromatic hydroxyl groups is 1. The highest BCUT2D eigenvalue weighted by molar-refractivity contribution is 6.31. The Morgan fingerprint density at radius 3 is 2.42 bits per heavy atom. The van der Waals surface area contributed by atoms with Gasteiger partial charge in [0.05, 0.1) is 25.7 Å². The van der Waals surface area contributed by atoms with Gasteiger partial charge in [0.15, 0.2) is 46.2 Å². The molecule has 0 spiro atoms. The molecule has 0 bridgehead atoms. The van der Waals surface area contributed by atoms with Crippen molar-refractivity contribution in [3.63, 3.8) is 0 Å². The molecule has 1 aliphatic heterocycles. The number of primary amides is 1. The number of aliphatic hydroxyl groups is 1. The third-order valence-corrected chi connectivity index (χ3v) is 8.39. The summed E-state index contributed by atoms with van der Waals surface area (Å²) in [4.78, 5) is 65.3. The number of carbonyl (C=O) groups excluding carboxylic acids is 5. The zero-order valence-electron chi connectivity index (χ0n) is 20.3. The van der Waals surface area contributed by atoms with E-state index in [0.29, 0.717) is 28.2 Å². The van der Waals surface area contributed by atoms with Gasteiger partial charge in [0.25, 0.3) is 0 Å². The van der Waals surface area contributed by atoms with Crippen LogP contribution in [0.2, 0.25) is 0 Å². The van der Waals surface area contributed by atoms with Gasteiger partial charge in [-0.05, 0) is 30.2 Å². The van der Waals surface area contributed by atoms with Crippen LogP contribution in [0, 0.1) is 23.7 Å². The van der Waals surface area contributed by atoms with Gasteiger partial charge in [0, 0.05) is 29.4 Å². The smallest absolute Gasteiger partial charge is 0.235 e. The molecule has 0 aromatic heterocycles. The van der Waals surface area contributed by atoms with E-state index in [9.17, 15) is 34.2 Å². The van der Waals surface area contributed by atoms with Crippen LogP contribution < -0.4 is 19.9 Å². The first-order valence-corrected chi connectivity index (χ1v) is 12.0. The van der Waals surface area contributed by atoms with Crippen LogP contribution >= 0.6 is 0 Å². The Morgan fingerprint density at radius 2 is 1.76 bits per heavy atom. The maximum absolute atomic E-state index is 13.8. The number of carbonyl (C=O) groups is 5. The van der Waals surface area contributed by atoms with E-state index in [1.165, 1.54) is 20.3 Å². The lowest BCUT2D eigenvalue weighted by atomic mass is 9.53. The first kappa shape index (κ1) is 24.1. The average Bonchev–Trinajstić information content (AvgIpc) is 2.88. The second-order valence-electron chi connectivity index (χ2n) is 10.1. The van der Waals surface area contributed by atoms with Crippen LogP contribution in [0.5, 0.6) is 23.0 Å². The van der Waals surface area contributed by atoms with Crippen molar-refractivity contribution in [1.29, 1.82) is 0 Å². The molecule has 38 heavy (non-hydrogen) atoms. The fourth-order valence-electron chi connectivity index (χ4n) is 6.72. The summed E-state index contributed by atoms with van der Waals surface area (Å²) < 4.78 is 17.4. The number of methoxy groups -OCH3 is 2. The molecule has 2 fully saturated rings. The summed E-state index contributed by atoms with van der Waals surface area (Å²) >= 11 is 0. The lowest BCUT2D eigenvalue weighted by molar-refractivity contribution is -0.177. The van der Waals surface area contributed by atoms with Crippen LogP contribution in [-0.2, 0) is 19.2 Å². The predicted molar refractivity (Wildman–Crippen MR) is 127 cm³/mol. The number of benzene rings is 2. The average molecular weight is 521 g/mol. The third kappa shape index (κ3) is 2.79. The summed E-state index contributed by atoms with van der Waals surface area (Å²) in [5.41, 5.74) is 3.87. The number of rotatable bonds is 3. The highest BCUT2D eigenvalue weighted by Crippen LogP contribution is 2.60. The molecular weight excluding hydrogens is 498 g/mol. The van der Waals surface area contributed by atoms with Gasteiger partial charge >= 0.3 is 0 Å². The monoisotopic (exact) mass is 521 g/mol. The first-order valence-electron chi connectivity index (χ1n) is 12.0. The summed E-state index contributed by atoms with van der Waals surface area (Å²) in [6.07, 6.45) is -1.52. The summed E-state index contributed by atoms with van der Waals surface area (Å²) in [7, 11) is 2.90. The topological polar surface area (TPSA) is 180 Å². The van der Waals surface area contributed by atoms with Crippen molar-refractivity contribution in [3.05, 3.63) is 35.4 Å². The van der Waals surface area contributed by atoms with E-state index in [2.05, 4.69) is 0 Å². The highest BCUT2D eigenvalue weighted by atomic mass is 16.5. The van der Waals surface area contributed by atoms with E-state index < -0.39 is 70.8 Å². The van der Waals surface area contributed by atoms with Crippen molar-refractivity contribution in [2.24, 2.45) is 29.4 Å². The molecule has 4 N–H and O–H groups in total. The Kier molecular flexibility index (Phi) is 5.00. The molecule has 1 heterocycles. The number of fused-ring (bicyclic) bond motifs is 5. The molecule has 11 nitrogen and oxygen atoms in total. The standard InChI is InChI=1S/C27H23NO10/c1-36-15-6-4-11-10-3-5-13(29)18-16(10)21(38-22(11)23(15)37-2)12-7-9-8-14(30)19(26(28)34)25(33)27(9,35)24(32)17(12)20(18)31/h3-6,9,12,17,19,21,29,35H,7-8H2,1-2H3,(H2,28,34)/t9-,12-,17?,19?,21?,27-/m0/s1. The molecule has 1 amide bonds. The number of nitrogens with two attached hydrogens (primary N) is 1. The van der Waals surface area contributed by atoms with Gasteiger partial charge in [0.1, 0.15) is 11.9 Å². The van der Waals surface area contributed by atoms with Gasteiger partial charge in [-0.3, -0.25) is 24.0 Å². The predicted octanol–water partition coefficient (Wildman–Crippen LogP) is 0.902. The van der Waals surface area contributed by atoms with E-state index in [1.807, 2.05) is 0 Å². The zero-order chi connectivity index (χ0) is 27.3. The van der Waals surface area contributed by atoms with Crippen LogP contribution in [0.15, 0.2) is 24.3 Å². The maximum Gasteiger partial charge on any atom is 0.235 e. The van der Waals surface area contributed by atoms with Crippen molar-refractivity contribution in [2.45, 2.75) is 24.5 Å². The minimum Gasteiger partial charge on any atom is -0.507 e. The second-order valence-corrected chi connectivity index (χ2v) is 10.1. The minimum atomic E-state index is -2.75. The van der Waals surface area contributed by atoms with Crippen LogP contribution in [0.3, 0.4) is 0 Å². The van der Waals surface area contributed by atoms with Gasteiger partial charge in [0.2, 0.25) is 11.7 Å². The van der Waals surface area contributed by atoms with Crippen molar-refractivity contribution in [2.75, 3.05) is 14.2 Å². The first-order chi connectivity index (χ1) is 18.1. The highest BCUT2D eigenvalue weighted by Gasteiger charge is 2.68. The Bertz CT molecular complexity index is 1500. The normalized spacial score (nSPS) is 30.9. The molecule has 3 aliphatic carbocycles. The number of phenolic OH excluding ortho intramolecular Hbond substituents is 1. The van der Waals surface area contributed by atoms with Crippen molar-refractivity contribution >= 4 is 29.0 Å². The van der Waals surface area contributed by atoms with E-state index >= 15 is 0 Å². The molecule has 0 radical (unpaired) electrons. The fraction of sp³-hybridized carbons (Fsp3) is 0.370. The molecule has 6 rings (SSSR count). The van der Waals surface area contributed by atoms with E-state index in [1.54, 1.807) is 18.2 Å². The molecule has 196 valence electrons. The van der Waals surface area contributed by atoms with Gasteiger partial charge in [-0.1, -0.05) is 6.07 Å². The molecule has 0 saturated heterocycles. The van der Waals surface area contributed by atoms with Gasteiger partial charge in [-0.15, -0.1) is 0 Å². The Morgan fingerprint density at radius 1 is 1.05 bits per heavy atom. The molecule has 4 aliphatic rings. The number of ether oxygens (including phenoxy) is 3. The number of Topliss-reactive ketones (excluding diaryl/α,β-unsaturated/α-hetero) is 4. The summed E-state index contributed by atoms with van der Waals surface area (Å²) in [6.45, 7) is 0. The van der Waals surface area contributed by atoms with Crippen molar-refractivity contribution < 1.29 is 48.4 Å². The second kappa shape index (κ2) is 7.87.